The van der Waals surface area contributed by atoms with Gasteiger partial charge in [-0.25, -0.2) is 4.79 Å². The SMILES string of the molecule is C.CC(C)(C)C(NC(=O)NCC(N)=O)C(=O)N1CCC[C@H]1C(=O)NC(CC1CCC1)C(=O)C(N)=O.CC(C)C. The molecule has 0 bridgehead atoms. The van der Waals surface area contributed by atoms with E-state index >= 15 is 0 Å². The third-order valence-electron chi connectivity index (χ3n) is 6.32. The molecule has 1 saturated carbocycles. The fourth-order valence-electron chi connectivity index (χ4n) is 4.20. The van der Waals surface area contributed by atoms with E-state index in [4.69, 9.17) is 11.5 Å². The molecule has 2 aliphatic rings. The highest BCUT2D eigenvalue weighted by Gasteiger charge is 2.43. The van der Waals surface area contributed by atoms with Crippen molar-refractivity contribution in [2.75, 3.05) is 13.1 Å². The molecule has 3 atom stereocenters. The van der Waals surface area contributed by atoms with Crippen LogP contribution in [0.3, 0.4) is 0 Å². The van der Waals surface area contributed by atoms with Gasteiger partial charge in [-0.3, -0.25) is 24.0 Å². The summed E-state index contributed by atoms with van der Waals surface area (Å²) in [6, 6.07) is -3.60. The molecule has 2 unspecified atom stereocenters. The lowest BCUT2D eigenvalue weighted by atomic mass is 9.80. The van der Waals surface area contributed by atoms with Gasteiger partial charge in [-0.05, 0) is 36.5 Å². The third kappa shape index (κ3) is 12.0. The molecule has 1 aliphatic carbocycles. The highest BCUT2D eigenvalue weighted by atomic mass is 16.2. The van der Waals surface area contributed by atoms with Crippen molar-refractivity contribution >= 4 is 35.4 Å². The lowest BCUT2D eigenvalue weighted by Crippen LogP contribution is -2.60. The topological polar surface area (TPSA) is 194 Å². The van der Waals surface area contributed by atoms with Gasteiger partial charge in [0.2, 0.25) is 23.5 Å². The van der Waals surface area contributed by atoms with Crippen LogP contribution >= 0.6 is 0 Å². The van der Waals surface area contributed by atoms with Gasteiger partial charge >= 0.3 is 6.03 Å². The fraction of sp³-hybridized carbons (Fsp3) is 0.778. The van der Waals surface area contributed by atoms with Gasteiger partial charge in [0.25, 0.3) is 5.91 Å². The van der Waals surface area contributed by atoms with Gasteiger partial charge in [-0.2, -0.15) is 0 Å². The van der Waals surface area contributed by atoms with Gasteiger partial charge in [0.15, 0.2) is 0 Å². The fourth-order valence-corrected chi connectivity index (χ4v) is 4.20. The summed E-state index contributed by atoms with van der Waals surface area (Å²) in [7, 11) is 0. The number of urea groups is 1. The molecule has 0 aromatic heterocycles. The van der Waals surface area contributed by atoms with Gasteiger partial charge in [0, 0.05) is 6.54 Å². The third-order valence-corrected chi connectivity index (χ3v) is 6.32. The first-order chi connectivity index (χ1) is 17.5. The molecule has 2 rings (SSSR count). The Bertz CT molecular complexity index is 878. The second-order valence-electron chi connectivity index (χ2n) is 11.8. The van der Waals surface area contributed by atoms with E-state index in [0.717, 1.165) is 25.2 Å². The number of Topliss-reactive ketones (excluding diaryl/α,β-unsaturated/α-hetero) is 1. The largest absolute Gasteiger partial charge is 0.368 e. The van der Waals surface area contributed by atoms with E-state index in [9.17, 15) is 28.8 Å². The molecule has 0 spiro atoms. The van der Waals surface area contributed by atoms with E-state index in [1.807, 2.05) is 0 Å². The average Bonchev–Trinajstić information content (AvgIpc) is 3.25. The quantitative estimate of drug-likeness (QED) is 0.252. The molecule has 0 aromatic rings. The van der Waals surface area contributed by atoms with Crippen LogP contribution in [0.4, 0.5) is 4.79 Å². The lowest BCUT2D eigenvalue weighted by Gasteiger charge is -2.36. The average molecular weight is 555 g/mol. The minimum absolute atomic E-state index is 0. The van der Waals surface area contributed by atoms with Gasteiger partial charge < -0.3 is 32.3 Å². The van der Waals surface area contributed by atoms with Crippen LogP contribution in [-0.4, -0.2) is 71.6 Å². The molecule has 7 N–H and O–H groups in total. The number of nitrogens with two attached hydrogens (primary N) is 2. The van der Waals surface area contributed by atoms with Crippen molar-refractivity contribution < 1.29 is 28.8 Å². The predicted molar refractivity (Wildman–Crippen MR) is 149 cm³/mol. The first-order valence-electron chi connectivity index (χ1n) is 13.3. The van der Waals surface area contributed by atoms with Gasteiger partial charge in [-0.1, -0.05) is 68.2 Å². The van der Waals surface area contributed by atoms with Crippen molar-refractivity contribution in [3.63, 3.8) is 0 Å². The smallest absolute Gasteiger partial charge is 0.315 e. The zero-order valence-corrected chi connectivity index (χ0v) is 23.6. The normalized spacial score (nSPS) is 18.3. The van der Waals surface area contributed by atoms with E-state index in [1.54, 1.807) is 20.8 Å². The van der Waals surface area contributed by atoms with Crippen molar-refractivity contribution in [2.45, 2.75) is 106 Å². The molecule has 0 aromatic carbocycles. The molecule has 224 valence electrons. The summed E-state index contributed by atoms with van der Waals surface area (Å²) < 4.78 is 0. The highest BCUT2D eigenvalue weighted by molar-refractivity contribution is 6.37. The maximum atomic E-state index is 13.4. The zero-order valence-electron chi connectivity index (χ0n) is 23.6. The monoisotopic (exact) mass is 554 g/mol. The van der Waals surface area contributed by atoms with Crippen LogP contribution in [0.1, 0.15) is 87.5 Å². The molecule has 0 radical (unpaired) electrons. The summed E-state index contributed by atoms with van der Waals surface area (Å²) in [6.45, 7) is 11.7. The number of primary amides is 2. The molecule has 1 heterocycles. The minimum Gasteiger partial charge on any atom is -0.368 e. The first-order valence-corrected chi connectivity index (χ1v) is 13.3. The maximum absolute atomic E-state index is 13.4. The Balaban J connectivity index is 0.00000269. The number of amides is 6. The molecular weight excluding hydrogens is 504 g/mol. The Morgan fingerprint density at radius 2 is 1.49 bits per heavy atom. The standard InChI is InChI=1S/C22H36N6O6.C4H10.CH4/c1-22(2,3)17(27-21(34)25-11-15(23)29)20(33)28-9-5-8-14(28)19(32)26-13(16(30)18(24)31)10-12-6-4-7-12;1-4(2)3;/h12-14,17H,4-11H2,1-3H3,(H2,23,29)(H2,24,31)(H,26,32)(H2,25,27,34);4H,1-3H3;1H4/t13?,14-,17?;;/m0../s1. The summed E-state index contributed by atoms with van der Waals surface area (Å²) in [5.41, 5.74) is 9.50. The first kappa shape index (κ1) is 35.8. The number of carbonyl (C=O) groups excluding carboxylic acids is 6. The zero-order chi connectivity index (χ0) is 29.2. The number of hydrogen-bond donors (Lipinski definition) is 5. The Kier molecular flexibility index (Phi) is 14.7. The number of nitrogens with one attached hydrogen (secondary N) is 3. The Labute approximate surface area is 232 Å². The van der Waals surface area contributed by atoms with Crippen molar-refractivity contribution in [3.05, 3.63) is 0 Å². The number of rotatable bonds is 10. The van der Waals surface area contributed by atoms with Crippen LogP contribution in [0.5, 0.6) is 0 Å². The van der Waals surface area contributed by atoms with Crippen molar-refractivity contribution in [1.82, 2.24) is 20.9 Å². The summed E-state index contributed by atoms with van der Waals surface area (Å²) in [4.78, 5) is 74.8. The van der Waals surface area contributed by atoms with Gasteiger partial charge in [0.1, 0.15) is 12.1 Å². The predicted octanol–water partition coefficient (Wildman–Crippen LogP) is 1.20. The number of ketones is 1. The molecule has 12 heteroatoms. The van der Waals surface area contributed by atoms with Crippen molar-refractivity contribution in [3.8, 4) is 0 Å². The Hall–Kier alpha value is -3.18. The van der Waals surface area contributed by atoms with E-state index in [0.29, 0.717) is 25.8 Å². The maximum Gasteiger partial charge on any atom is 0.315 e. The van der Waals surface area contributed by atoms with E-state index in [1.165, 1.54) is 4.90 Å². The molecule has 12 nitrogen and oxygen atoms in total. The Morgan fingerprint density at radius 1 is 0.923 bits per heavy atom. The number of nitrogens with zero attached hydrogens (tertiary/aromatic N) is 1. The molecule has 1 saturated heterocycles. The molecule has 6 amide bonds. The van der Waals surface area contributed by atoms with E-state index in [-0.39, 0.29) is 19.9 Å². The number of carbonyl (C=O) groups is 6. The summed E-state index contributed by atoms with van der Waals surface area (Å²) in [5.74, 6) is -2.61. The number of hydrogen-bond acceptors (Lipinski definition) is 6. The van der Waals surface area contributed by atoms with Crippen molar-refractivity contribution in [1.29, 1.82) is 0 Å². The van der Waals surface area contributed by atoms with Crippen LogP contribution in [0, 0.1) is 17.3 Å². The summed E-state index contributed by atoms with van der Waals surface area (Å²) >= 11 is 0. The lowest BCUT2D eigenvalue weighted by molar-refractivity contribution is -0.143. The number of likely N-dealkylation sites (tertiary alicyclic amines) is 1. The summed E-state index contributed by atoms with van der Waals surface area (Å²) in [5, 5.41) is 7.50. The van der Waals surface area contributed by atoms with Crippen molar-refractivity contribution in [2.24, 2.45) is 28.7 Å². The van der Waals surface area contributed by atoms with Crippen LogP contribution in [0.25, 0.3) is 0 Å². The van der Waals surface area contributed by atoms with E-state index < -0.39 is 59.0 Å². The van der Waals surface area contributed by atoms with Crippen LogP contribution < -0.4 is 27.4 Å². The summed E-state index contributed by atoms with van der Waals surface area (Å²) in [6.07, 6.45) is 4.15. The molecule has 39 heavy (non-hydrogen) atoms. The highest BCUT2D eigenvalue weighted by Crippen LogP contribution is 2.31. The molecule has 1 aliphatic heterocycles. The minimum atomic E-state index is -1.11. The van der Waals surface area contributed by atoms with Crippen LogP contribution in [0.2, 0.25) is 0 Å². The van der Waals surface area contributed by atoms with Gasteiger partial charge in [0.05, 0.1) is 12.6 Å². The second-order valence-corrected chi connectivity index (χ2v) is 11.8. The van der Waals surface area contributed by atoms with Gasteiger partial charge in [-0.15, -0.1) is 0 Å². The Morgan fingerprint density at radius 3 is 1.92 bits per heavy atom. The molecule has 2 fully saturated rings. The van der Waals surface area contributed by atoms with E-state index in [2.05, 4.69) is 36.7 Å². The van der Waals surface area contributed by atoms with Crippen LogP contribution in [-0.2, 0) is 24.0 Å². The second kappa shape index (κ2) is 16.0. The molecular formula is C27H50N6O6. The van der Waals surface area contributed by atoms with Crippen LogP contribution in [0.15, 0.2) is 0 Å².